The minimum Gasteiger partial charge on any atom is -0.347 e. The lowest BCUT2D eigenvalue weighted by Gasteiger charge is -2.23. The van der Waals surface area contributed by atoms with Gasteiger partial charge in [-0.3, -0.25) is 4.79 Å². The number of hydrogen-bond donors (Lipinski definition) is 2. The average Bonchev–Trinajstić information content (AvgIpc) is 2.99. The molecule has 0 bridgehead atoms. The van der Waals surface area contributed by atoms with Gasteiger partial charge < -0.3 is 10.6 Å². The minimum absolute atomic E-state index is 0. The minimum atomic E-state index is -0.325. The largest absolute Gasteiger partial charge is 0.347 e. The molecule has 1 amide bonds. The number of benzene rings is 1. The van der Waals surface area contributed by atoms with E-state index in [9.17, 15) is 9.18 Å². The van der Waals surface area contributed by atoms with E-state index < -0.39 is 0 Å². The van der Waals surface area contributed by atoms with Gasteiger partial charge in [-0.1, -0.05) is 0 Å². The third kappa shape index (κ3) is 3.80. The first-order chi connectivity index (χ1) is 10.2. The zero-order valence-electron chi connectivity index (χ0n) is 11.8. The Labute approximate surface area is 133 Å². The number of hydrogen-bond acceptors (Lipinski definition) is 4. The predicted molar refractivity (Wildman–Crippen MR) is 81.9 cm³/mol. The van der Waals surface area contributed by atoms with Crippen LogP contribution in [0.3, 0.4) is 0 Å². The van der Waals surface area contributed by atoms with Gasteiger partial charge in [0.15, 0.2) is 5.69 Å². The maximum atomic E-state index is 12.9. The predicted octanol–water partition coefficient (Wildman–Crippen LogP) is 1.31. The van der Waals surface area contributed by atoms with Gasteiger partial charge in [-0.05, 0) is 43.7 Å². The van der Waals surface area contributed by atoms with Crippen LogP contribution in [-0.4, -0.2) is 40.0 Å². The maximum absolute atomic E-state index is 12.9. The van der Waals surface area contributed by atoms with Crippen molar-refractivity contribution >= 4 is 18.3 Å². The quantitative estimate of drug-likeness (QED) is 0.892. The molecule has 2 heterocycles. The topological polar surface area (TPSA) is 71.8 Å². The summed E-state index contributed by atoms with van der Waals surface area (Å²) in [5.74, 6) is -0.564. The van der Waals surface area contributed by atoms with Crippen LogP contribution in [0.15, 0.2) is 30.5 Å². The van der Waals surface area contributed by atoms with Crippen LogP contribution < -0.4 is 10.6 Å². The molecule has 0 radical (unpaired) electrons. The molecule has 1 saturated heterocycles. The average molecular weight is 326 g/mol. The van der Waals surface area contributed by atoms with E-state index >= 15 is 0 Å². The van der Waals surface area contributed by atoms with E-state index in [1.165, 1.54) is 23.1 Å². The van der Waals surface area contributed by atoms with Gasteiger partial charge in [0.25, 0.3) is 5.91 Å². The van der Waals surface area contributed by atoms with Crippen LogP contribution in [0, 0.1) is 5.82 Å². The summed E-state index contributed by atoms with van der Waals surface area (Å²) in [5.41, 5.74) is 0.861. The van der Waals surface area contributed by atoms with Crippen LogP contribution >= 0.6 is 12.4 Å². The molecule has 0 aliphatic carbocycles. The van der Waals surface area contributed by atoms with Gasteiger partial charge in [0.2, 0.25) is 0 Å². The molecule has 3 rings (SSSR count). The third-order valence-corrected chi connectivity index (χ3v) is 3.41. The highest BCUT2D eigenvalue weighted by molar-refractivity contribution is 5.92. The van der Waals surface area contributed by atoms with Crippen LogP contribution in [0.4, 0.5) is 4.39 Å². The van der Waals surface area contributed by atoms with Crippen molar-refractivity contribution in [1.82, 2.24) is 25.6 Å². The third-order valence-electron chi connectivity index (χ3n) is 3.41. The van der Waals surface area contributed by atoms with E-state index in [1.54, 1.807) is 12.1 Å². The summed E-state index contributed by atoms with van der Waals surface area (Å²) in [6.07, 6.45) is 3.42. The van der Waals surface area contributed by atoms with Crippen LogP contribution in [0.25, 0.3) is 5.69 Å². The molecule has 8 heteroatoms. The molecular weight excluding hydrogens is 309 g/mol. The van der Waals surface area contributed by atoms with Crippen LogP contribution in [0.2, 0.25) is 0 Å². The molecule has 1 fully saturated rings. The number of halogens is 2. The molecule has 2 N–H and O–H groups in total. The molecule has 1 aromatic heterocycles. The fourth-order valence-corrected chi connectivity index (χ4v) is 2.30. The Morgan fingerprint density at radius 2 is 2.14 bits per heavy atom. The Bertz CT molecular complexity index is 624. The Hall–Kier alpha value is -1.99. The van der Waals surface area contributed by atoms with Crippen molar-refractivity contribution in [2.75, 3.05) is 13.1 Å². The van der Waals surface area contributed by atoms with Gasteiger partial charge >= 0.3 is 0 Å². The molecule has 1 unspecified atom stereocenters. The number of aromatic nitrogens is 3. The van der Waals surface area contributed by atoms with E-state index in [-0.39, 0.29) is 35.9 Å². The Morgan fingerprint density at radius 1 is 1.36 bits per heavy atom. The first kappa shape index (κ1) is 16.4. The van der Waals surface area contributed by atoms with Crippen LogP contribution in [0.5, 0.6) is 0 Å². The summed E-state index contributed by atoms with van der Waals surface area (Å²) in [6.45, 7) is 1.77. The fourth-order valence-electron chi connectivity index (χ4n) is 2.30. The summed E-state index contributed by atoms with van der Waals surface area (Å²) in [4.78, 5) is 13.4. The number of nitrogens with zero attached hydrogens (tertiary/aromatic N) is 3. The van der Waals surface area contributed by atoms with E-state index in [0.717, 1.165) is 25.9 Å². The zero-order chi connectivity index (χ0) is 14.7. The molecule has 118 valence electrons. The fraction of sp³-hybridized carbons (Fsp3) is 0.357. The Kier molecular flexibility index (Phi) is 5.46. The number of nitrogens with one attached hydrogen (secondary N) is 2. The van der Waals surface area contributed by atoms with Crippen molar-refractivity contribution in [3.05, 3.63) is 42.0 Å². The van der Waals surface area contributed by atoms with Crippen molar-refractivity contribution in [3.8, 4) is 5.69 Å². The highest BCUT2D eigenvalue weighted by atomic mass is 35.5. The number of piperidine rings is 1. The summed E-state index contributed by atoms with van der Waals surface area (Å²) < 4.78 is 12.9. The second-order valence-electron chi connectivity index (χ2n) is 5.01. The molecule has 1 aromatic carbocycles. The van der Waals surface area contributed by atoms with Crippen molar-refractivity contribution in [3.63, 3.8) is 0 Å². The summed E-state index contributed by atoms with van der Waals surface area (Å²) >= 11 is 0. The summed E-state index contributed by atoms with van der Waals surface area (Å²) in [5, 5.41) is 14.3. The molecular formula is C14H17ClFN5O. The molecule has 2 aromatic rings. The molecule has 22 heavy (non-hydrogen) atoms. The Morgan fingerprint density at radius 3 is 2.82 bits per heavy atom. The summed E-state index contributed by atoms with van der Waals surface area (Å²) in [7, 11) is 0. The van der Waals surface area contributed by atoms with Gasteiger partial charge in [0.1, 0.15) is 5.82 Å². The van der Waals surface area contributed by atoms with Crippen LogP contribution in [0.1, 0.15) is 23.3 Å². The number of carbonyl (C=O) groups is 1. The van der Waals surface area contributed by atoms with Crippen LogP contribution in [-0.2, 0) is 0 Å². The van der Waals surface area contributed by atoms with E-state index in [2.05, 4.69) is 20.8 Å². The van der Waals surface area contributed by atoms with Gasteiger partial charge in [0.05, 0.1) is 11.9 Å². The van der Waals surface area contributed by atoms with Gasteiger partial charge in [-0.15, -0.1) is 17.5 Å². The van der Waals surface area contributed by atoms with Crippen molar-refractivity contribution in [2.24, 2.45) is 0 Å². The van der Waals surface area contributed by atoms with Gasteiger partial charge in [-0.25, -0.2) is 4.39 Å². The van der Waals surface area contributed by atoms with Crippen molar-refractivity contribution < 1.29 is 9.18 Å². The monoisotopic (exact) mass is 325 g/mol. The van der Waals surface area contributed by atoms with Gasteiger partial charge in [0, 0.05) is 12.6 Å². The molecule has 6 nitrogen and oxygen atoms in total. The van der Waals surface area contributed by atoms with Gasteiger partial charge in [-0.2, -0.15) is 9.90 Å². The number of amides is 1. The number of rotatable bonds is 3. The van der Waals surface area contributed by atoms with E-state index in [0.29, 0.717) is 5.69 Å². The lowest BCUT2D eigenvalue weighted by molar-refractivity contribution is 0.0925. The van der Waals surface area contributed by atoms with E-state index in [4.69, 9.17) is 0 Å². The SMILES string of the molecule is Cl.O=C(NC1CCCNC1)c1cnn(-c2ccc(F)cc2)n1. The highest BCUT2D eigenvalue weighted by Crippen LogP contribution is 2.08. The second-order valence-corrected chi connectivity index (χ2v) is 5.01. The molecule has 0 spiro atoms. The standard InChI is InChI=1S/C14H16FN5O.ClH/c15-10-3-5-12(6-4-10)20-17-9-13(19-20)14(21)18-11-2-1-7-16-8-11;/h3-6,9,11,16H,1-2,7-8H2,(H,18,21);1H. The first-order valence-corrected chi connectivity index (χ1v) is 6.92. The maximum Gasteiger partial charge on any atom is 0.273 e. The van der Waals surface area contributed by atoms with Crippen molar-refractivity contribution in [1.29, 1.82) is 0 Å². The molecule has 1 aliphatic heterocycles. The highest BCUT2D eigenvalue weighted by Gasteiger charge is 2.18. The molecule has 1 atom stereocenters. The lowest BCUT2D eigenvalue weighted by atomic mass is 10.1. The lowest BCUT2D eigenvalue weighted by Crippen LogP contribution is -2.45. The Balaban J connectivity index is 0.00000176. The van der Waals surface area contributed by atoms with E-state index in [1.807, 2.05) is 0 Å². The smallest absolute Gasteiger partial charge is 0.273 e. The zero-order valence-corrected chi connectivity index (χ0v) is 12.6. The first-order valence-electron chi connectivity index (χ1n) is 6.92. The van der Waals surface area contributed by atoms with Crippen molar-refractivity contribution in [2.45, 2.75) is 18.9 Å². The normalized spacial score (nSPS) is 17.6. The summed E-state index contributed by atoms with van der Waals surface area (Å²) in [6, 6.07) is 5.89. The molecule has 1 aliphatic rings. The second kappa shape index (κ2) is 7.33. The number of carbonyl (C=O) groups excluding carboxylic acids is 1. The molecule has 0 saturated carbocycles.